The Hall–Kier alpha value is -2.17. The normalized spacial score (nSPS) is 40.4. The molecule has 1 spiro atoms. The molecule has 1 N–H and O–H groups in total. The summed E-state index contributed by atoms with van der Waals surface area (Å²) in [5.41, 5.74) is 2.03. The van der Waals surface area contributed by atoms with Crippen LogP contribution in [0.15, 0.2) is 54.6 Å². The summed E-state index contributed by atoms with van der Waals surface area (Å²) in [6, 6.07) is 8.96. The van der Waals surface area contributed by atoms with Crippen LogP contribution in [0.3, 0.4) is 0 Å². The number of hydrogen-bond acceptors (Lipinski definition) is 14. The molecule has 9 heterocycles. The third-order valence-electron chi connectivity index (χ3n) is 19.4. The molecule has 0 radical (unpaired) electrons. The predicted molar refractivity (Wildman–Crippen MR) is 289 cm³/mol. The van der Waals surface area contributed by atoms with Gasteiger partial charge in [-0.15, -0.1) is 0 Å². The highest BCUT2D eigenvalue weighted by Crippen LogP contribution is 2.54. The largest absolute Gasteiger partial charge is 0.458 e. The van der Waals surface area contributed by atoms with Crippen LogP contribution in [0.2, 0.25) is 36.3 Å². The fourth-order valence-corrected chi connectivity index (χ4v) is 15.2. The zero-order valence-electron chi connectivity index (χ0n) is 47.3. The summed E-state index contributed by atoms with van der Waals surface area (Å²) in [7, 11) is -2.69. The third-order valence-corrected chi connectivity index (χ3v) is 28.4. The van der Waals surface area contributed by atoms with E-state index in [4.69, 9.17) is 51.5 Å². The molecule has 9 saturated heterocycles. The van der Waals surface area contributed by atoms with Crippen molar-refractivity contribution in [1.29, 1.82) is 0 Å². The van der Waals surface area contributed by atoms with Gasteiger partial charge in [0.25, 0.3) is 0 Å². The lowest BCUT2D eigenvalue weighted by Gasteiger charge is -2.47. The molecule has 0 aliphatic carbocycles. The van der Waals surface area contributed by atoms with E-state index < -0.39 is 58.9 Å². The van der Waals surface area contributed by atoms with E-state index in [-0.39, 0.29) is 114 Å². The van der Waals surface area contributed by atoms with Crippen molar-refractivity contribution in [2.75, 3.05) is 13.7 Å². The lowest BCUT2D eigenvalue weighted by atomic mass is 9.81. The molecule has 420 valence electrons. The maximum Gasteiger partial charge on any atom is 0.338 e. The number of fused-ring (bicyclic) bond motifs is 4. The zero-order valence-corrected chi connectivity index (χ0v) is 49.3. The maximum absolute atomic E-state index is 14.8. The fraction of sp³-hybridized carbons (Fsp3) is 0.797. The topological polar surface area (TPSA) is 156 Å². The summed E-state index contributed by atoms with van der Waals surface area (Å²) in [6.07, 6.45) is 0.0300. The van der Waals surface area contributed by atoms with Gasteiger partial charge < -0.3 is 56.6 Å². The molecule has 10 bridgehead atoms. The van der Waals surface area contributed by atoms with E-state index >= 15 is 0 Å². The van der Waals surface area contributed by atoms with Crippen LogP contribution in [0, 0.1) is 11.8 Å². The molecule has 11 unspecified atom stereocenters. The fourth-order valence-electron chi connectivity index (χ4n) is 12.8. The first-order chi connectivity index (χ1) is 35.2. The Morgan fingerprint density at radius 2 is 1.45 bits per heavy atom. The second-order valence-electron chi connectivity index (χ2n) is 26.8. The molecular formula is C59H92O14Si2. The van der Waals surface area contributed by atoms with E-state index in [0.29, 0.717) is 75.5 Å². The van der Waals surface area contributed by atoms with Gasteiger partial charge in [0.15, 0.2) is 22.4 Å². The highest BCUT2D eigenvalue weighted by Gasteiger charge is 2.69. The minimum Gasteiger partial charge on any atom is -0.458 e. The monoisotopic (exact) mass is 1080 g/mol. The standard InChI is InChI=1S/C59H92O14Si2/c1-34-26-39-20-22-44(61)35(2)27-41(67-56(62)37-18-16-15-17-19-37)24-25-59-32-49-52(71-59)53-54(70-49)55(72-59)51-45(69-53)23-21-40(66-51)28-38(60)29-43-47(31-46(65-39)36(34)3)68-48(50(43)63-10)30-42(73-75(13,14)58(7,8)9)33-64-74(11,12)57(4,5)6/h15-19,34,39-55,61H,2-3,20-33H2,1,4-14H3/t34?,39?,40?,41-,42?,43?,44?,45?,46?,47-,48+,49?,50+,51-,52-,53-,54?,55?,59-/m0/s1. The molecule has 75 heavy (non-hydrogen) atoms. The quantitative estimate of drug-likeness (QED) is 0.134. The highest BCUT2D eigenvalue weighted by atomic mass is 28.4. The minimum absolute atomic E-state index is 0.0201. The molecule has 19 atom stereocenters. The lowest BCUT2D eigenvalue weighted by molar-refractivity contribution is -0.292. The van der Waals surface area contributed by atoms with Crippen molar-refractivity contribution in [3.63, 3.8) is 0 Å². The summed E-state index contributed by atoms with van der Waals surface area (Å²) < 4.78 is 75.6. The van der Waals surface area contributed by atoms with E-state index in [1.54, 1.807) is 19.2 Å². The van der Waals surface area contributed by atoms with Crippen LogP contribution in [0.5, 0.6) is 0 Å². The number of aliphatic hydroxyl groups excluding tert-OH is 1. The number of esters is 1. The Labute approximate surface area is 450 Å². The third kappa shape index (κ3) is 12.4. The summed E-state index contributed by atoms with van der Waals surface area (Å²) >= 11 is 0. The molecule has 10 rings (SSSR count). The maximum atomic E-state index is 14.8. The van der Waals surface area contributed by atoms with Gasteiger partial charge in [-0.1, -0.05) is 79.8 Å². The number of methoxy groups -OCH3 is 1. The number of ether oxygens (including phenoxy) is 9. The van der Waals surface area contributed by atoms with Crippen LogP contribution in [-0.2, 0) is 56.3 Å². The molecule has 1 aromatic rings. The van der Waals surface area contributed by atoms with E-state index in [1.165, 1.54) is 0 Å². The van der Waals surface area contributed by atoms with Crippen LogP contribution in [-0.4, -0.2) is 151 Å². The van der Waals surface area contributed by atoms with Gasteiger partial charge in [-0.05, 0) is 104 Å². The molecule has 14 nitrogen and oxygen atoms in total. The number of ketones is 1. The van der Waals surface area contributed by atoms with Crippen LogP contribution in [0.1, 0.15) is 142 Å². The van der Waals surface area contributed by atoms with Crippen molar-refractivity contribution in [1.82, 2.24) is 0 Å². The minimum atomic E-state index is -2.28. The molecule has 0 saturated carbocycles. The lowest BCUT2D eigenvalue weighted by Crippen LogP contribution is -2.61. The second-order valence-corrected chi connectivity index (χ2v) is 36.3. The van der Waals surface area contributed by atoms with Crippen molar-refractivity contribution < 1.29 is 66.2 Å². The van der Waals surface area contributed by atoms with Gasteiger partial charge >= 0.3 is 5.97 Å². The van der Waals surface area contributed by atoms with Crippen LogP contribution < -0.4 is 0 Å². The zero-order chi connectivity index (χ0) is 54.0. The van der Waals surface area contributed by atoms with Crippen LogP contribution >= 0.6 is 0 Å². The number of rotatable bonds is 10. The molecule has 1 aromatic carbocycles. The van der Waals surface area contributed by atoms with E-state index in [1.807, 2.05) is 18.2 Å². The first-order valence-corrected chi connectivity index (χ1v) is 34.3. The van der Waals surface area contributed by atoms with Crippen molar-refractivity contribution >= 4 is 28.4 Å². The Kier molecular flexibility index (Phi) is 17.2. The smallest absolute Gasteiger partial charge is 0.338 e. The Morgan fingerprint density at radius 3 is 2.16 bits per heavy atom. The first kappa shape index (κ1) is 57.5. The molecule has 0 amide bonds. The Morgan fingerprint density at radius 1 is 0.773 bits per heavy atom. The molecule has 9 aliphatic heterocycles. The molecule has 9 fully saturated rings. The number of Topliss-reactive ketones (excluding diaryl/α,β-unsaturated/α-hetero) is 1. The van der Waals surface area contributed by atoms with E-state index in [0.717, 1.165) is 12.0 Å². The number of benzene rings is 1. The van der Waals surface area contributed by atoms with E-state index in [9.17, 15) is 14.7 Å². The summed E-state index contributed by atoms with van der Waals surface area (Å²) in [4.78, 5) is 28.4. The van der Waals surface area contributed by atoms with Crippen molar-refractivity contribution in [2.45, 2.75) is 272 Å². The molecule has 16 heteroatoms. The van der Waals surface area contributed by atoms with Gasteiger partial charge in [0.1, 0.15) is 42.4 Å². The number of hydrogen-bond donors (Lipinski definition) is 1. The van der Waals surface area contributed by atoms with Gasteiger partial charge in [-0.2, -0.15) is 0 Å². The first-order valence-electron chi connectivity index (χ1n) is 28.5. The molecule has 0 aromatic heterocycles. The van der Waals surface area contributed by atoms with Gasteiger partial charge in [0.2, 0.25) is 0 Å². The average Bonchev–Trinajstić information content (AvgIpc) is 3.90. The van der Waals surface area contributed by atoms with Crippen molar-refractivity contribution in [2.24, 2.45) is 11.8 Å². The van der Waals surface area contributed by atoms with Gasteiger partial charge in [-0.3, -0.25) is 4.79 Å². The average molecular weight is 1080 g/mol. The van der Waals surface area contributed by atoms with Crippen LogP contribution in [0.25, 0.3) is 0 Å². The molecule has 9 aliphatic rings. The van der Waals surface area contributed by atoms with Crippen LogP contribution in [0.4, 0.5) is 0 Å². The SMILES string of the molecule is C=C1C[C@@H](OC(=O)c2ccccc2)CC[C@@]23CC4OC5C(O2)[C@H]2OC(CCC2O[C@H]5[C@H]4O3)CC(=O)CC2[C@H](CC3OC(CCC1O)CC(C)C3=C)O[C@H](CC(CO[Si](C)(C)C(C)(C)C)O[Si](C)(C)C(C)(C)C)[C@@H]2OC. The van der Waals surface area contributed by atoms with Crippen molar-refractivity contribution in [3.8, 4) is 0 Å². The molecular weight excluding hydrogens is 989 g/mol. The van der Waals surface area contributed by atoms with Crippen molar-refractivity contribution in [3.05, 3.63) is 60.2 Å². The summed E-state index contributed by atoms with van der Waals surface area (Å²) in [5, 5.41) is 11.8. The summed E-state index contributed by atoms with van der Waals surface area (Å²) in [6.45, 7) is 34.3. The number of aliphatic hydroxyl groups is 1. The van der Waals surface area contributed by atoms with Gasteiger partial charge in [-0.25, -0.2) is 4.79 Å². The van der Waals surface area contributed by atoms with Gasteiger partial charge in [0.05, 0.1) is 73.2 Å². The Balaban J connectivity index is 1.00. The second kappa shape index (κ2) is 22.4. The highest BCUT2D eigenvalue weighted by molar-refractivity contribution is 6.74. The van der Waals surface area contributed by atoms with Gasteiger partial charge in [0, 0.05) is 58.0 Å². The predicted octanol–water partition coefficient (Wildman–Crippen LogP) is 10.3. The van der Waals surface area contributed by atoms with E-state index in [2.05, 4.69) is 87.8 Å². The summed E-state index contributed by atoms with van der Waals surface area (Å²) in [5.74, 6) is -1.52. The number of carbonyl (C=O) groups excluding carboxylic acids is 2. The Bertz CT molecular complexity index is 2190. The number of carbonyl (C=O) groups is 2.